The molecule has 0 bridgehead atoms. The number of benzene rings is 1. The van der Waals surface area contributed by atoms with Gasteiger partial charge in [-0.05, 0) is 36.6 Å². The van der Waals surface area contributed by atoms with Gasteiger partial charge in [-0.3, -0.25) is 4.79 Å². The highest BCUT2D eigenvalue weighted by atomic mass is 32.2. The number of anilines is 1. The summed E-state index contributed by atoms with van der Waals surface area (Å²) >= 11 is 0. The van der Waals surface area contributed by atoms with E-state index in [1.165, 1.54) is 10.4 Å². The standard InChI is InChI=1S/C14H15N3O3S/c15-9-10-3-5-17(6-4-10)21(19,20)12-1-2-13-11(7-12)8-14(18)16-13/h1-2,7,10H,3-6,8H2,(H,16,18). The number of carbonyl (C=O) groups is 1. The van der Waals surface area contributed by atoms with Crippen LogP contribution in [0.25, 0.3) is 0 Å². The molecule has 1 amide bonds. The Hall–Kier alpha value is -1.91. The highest BCUT2D eigenvalue weighted by molar-refractivity contribution is 7.89. The van der Waals surface area contributed by atoms with Gasteiger partial charge in [0.05, 0.1) is 17.4 Å². The van der Waals surface area contributed by atoms with Gasteiger partial charge in [0.15, 0.2) is 0 Å². The topological polar surface area (TPSA) is 90.3 Å². The maximum absolute atomic E-state index is 12.6. The molecule has 6 nitrogen and oxygen atoms in total. The number of hydrogen-bond donors (Lipinski definition) is 1. The smallest absolute Gasteiger partial charge is 0.243 e. The highest BCUT2D eigenvalue weighted by Gasteiger charge is 2.30. The van der Waals surface area contributed by atoms with Crippen LogP contribution in [0.2, 0.25) is 0 Å². The Balaban J connectivity index is 1.85. The number of nitriles is 1. The summed E-state index contributed by atoms with van der Waals surface area (Å²) in [6, 6.07) is 6.91. The van der Waals surface area contributed by atoms with Crippen molar-refractivity contribution < 1.29 is 13.2 Å². The molecule has 0 saturated carbocycles. The van der Waals surface area contributed by atoms with Gasteiger partial charge in [-0.2, -0.15) is 9.57 Å². The summed E-state index contributed by atoms with van der Waals surface area (Å²) in [5.41, 5.74) is 1.40. The molecule has 1 fully saturated rings. The average molecular weight is 305 g/mol. The van der Waals surface area contributed by atoms with Crippen LogP contribution in [0.5, 0.6) is 0 Å². The zero-order chi connectivity index (χ0) is 15.0. The molecular weight excluding hydrogens is 290 g/mol. The first-order chi connectivity index (χ1) is 10.0. The lowest BCUT2D eigenvalue weighted by atomic mass is 10.0. The first-order valence-electron chi connectivity index (χ1n) is 6.83. The van der Waals surface area contributed by atoms with Gasteiger partial charge >= 0.3 is 0 Å². The Morgan fingerprint density at radius 3 is 2.67 bits per heavy atom. The Morgan fingerprint density at radius 1 is 1.29 bits per heavy atom. The lowest BCUT2D eigenvalue weighted by Gasteiger charge is -2.28. The van der Waals surface area contributed by atoms with E-state index in [0.717, 1.165) is 0 Å². The number of rotatable bonds is 2. The van der Waals surface area contributed by atoms with Crippen LogP contribution < -0.4 is 5.32 Å². The fraction of sp³-hybridized carbons (Fsp3) is 0.429. The second kappa shape index (κ2) is 5.13. The zero-order valence-corrected chi connectivity index (χ0v) is 12.2. The van der Waals surface area contributed by atoms with Crippen molar-refractivity contribution in [3.8, 4) is 6.07 Å². The Labute approximate surface area is 123 Å². The number of sulfonamides is 1. The third-order valence-electron chi connectivity index (χ3n) is 3.98. The predicted molar refractivity (Wildman–Crippen MR) is 75.9 cm³/mol. The van der Waals surface area contributed by atoms with Crippen LogP contribution in [0.3, 0.4) is 0 Å². The van der Waals surface area contributed by atoms with Crippen LogP contribution in [0.4, 0.5) is 5.69 Å². The van der Waals surface area contributed by atoms with Gasteiger partial charge in [-0.25, -0.2) is 8.42 Å². The molecule has 3 rings (SSSR count). The second-order valence-electron chi connectivity index (χ2n) is 5.35. The molecule has 0 aromatic heterocycles. The van der Waals surface area contributed by atoms with Gasteiger partial charge in [-0.15, -0.1) is 0 Å². The van der Waals surface area contributed by atoms with Crippen molar-refractivity contribution in [3.05, 3.63) is 23.8 Å². The minimum absolute atomic E-state index is 0.0571. The van der Waals surface area contributed by atoms with Crippen LogP contribution >= 0.6 is 0 Å². The number of carbonyl (C=O) groups excluding carboxylic acids is 1. The third-order valence-corrected chi connectivity index (χ3v) is 5.87. The van der Waals surface area contributed by atoms with Crippen LogP contribution in [0.15, 0.2) is 23.1 Å². The molecule has 0 atom stereocenters. The number of nitrogens with one attached hydrogen (secondary N) is 1. The minimum Gasteiger partial charge on any atom is -0.326 e. The van der Waals surface area contributed by atoms with Crippen molar-refractivity contribution in [2.45, 2.75) is 24.2 Å². The van der Waals surface area contributed by atoms with E-state index in [0.29, 0.717) is 37.2 Å². The van der Waals surface area contributed by atoms with Gasteiger partial charge in [0.1, 0.15) is 0 Å². The molecule has 0 radical (unpaired) electrons. The van der Waals surface area contributed by atoms with E-state index in [1.807, 2.05) is 0 Å². The molecule has 1 N–H and O–H groups in total. The molecule has 110 valence electrons. The Kier molecular flexibility index (Phi) is 3.43. The van der Waals surface area contributed by atoms with E-state index in [4.69, 9.17) is 5.26 Å². The van der Waals surface area contributed by atoms with Crippen molar-refractivity contribution in [1.29, 1.82) is 5.26 Å². The van der Waals surface area contributed by atoms with Crippen LogP contribution in [0.1, 0.15) is 18.4 Å². The van der Waals surface area contributed by atoms with Crippen molar-refractivity contribution in [1.82, 2.24) is 4.31 Å². The van der Waals surface area contributed by atoms with E-state index >= 15 is 0 Å². The fourth-order valence-electron chi connectivity index (χ4n) is 2.74. The highest BCUT2D eigenvalue weighted by Crippen LogP contribution is 2.29. The van der Waals surface area contributed by atoms with Gasteiger partial charge in [-0.1, -0.05) is 0 Å². The normalized spacial score (nSPS) is 19.9. The quantitative estimate of drug-likeness (QED) is 0.886. The molecule has 0 spiro atoms. The molecule has 2 aliphatic rings. The molecule has 1 aromatic rings. The summed E-state index contributed by atoms with van der Waals surface area (Å²) in [6.07, 6.45) is 1.36. The number of fused-ring (bicyclic) bond motifs is 1. The third kappa shape index (κ3) is 2.52. The van der Waals surface area contributed by atoms with Gasteiger partial charge in [0.2, 0.25) is 15.9 Å². The zero-order valence-electron chi connectivity index (χ0n) is 11.4. The maximum Gasteiger partial charge on any atom is 0.243 e. The lowest BCUT2D eigenvalue weighted by Crippen LogP contribution is -2.38. The molecule has 0 unspecified atom stereocenters. The number of nitrogens with zero attached hydrogens (tertiary/aromatic N) is 2. The number of piperidine rings is 1. The Bertz CT molecular complexity index is 728. The van der Waals surface area contributed by atoms with E-state index in [9.17, 15) is 13.2 Å². The lowest BCUT2D eigenvalue weighted by molar-refractivity contribution is -0.115. The summed E-state index contributed by atoms with van der Waals surface area (Å²) < 4.78 is 26.6. The first-order valence-corrected chi connectivity index (χ1v) is 8.27. The summed E-state index contributed by atoms with van der Waals surface area (Å²) in [6.45, 7) is 0.740. The van der Waals surface area contributed by atoms with Crippen LogP contribution in [-0.2, 0) is 21.2 Å². The maximum atomic E-state index is 12.6. The van der Waals surface area contributed by atoms with E-state index < -0.39 is 10.0 Å². The summed E-state index contributed by atoms with van der Waals surface area (Å²) in [7, 11) is -3.55. The van der Waals surface area contributed by atoms with Crippen LogP contribution in [0, 0.1) is 17.2 Å². The van der Waals surface area contributed by atoms with Crippen molar-refractivity contribution in [2.75, 3.05) is 18.4 Å². The molecule has 21 heavy (non-hydrogen) atoms. The van der Waals surface area contributed by atoms with Crippen molar-refractivity contribution in [2.24, 2.45) is 5.92 Å². The number of amides is 1. The fourth-order valence-corrected chi connectivity index (χ4v) is 4.26. The predicted octanol–water partition coefficient (Wildman–Crippen LogP) is 1.11. The molecule has 2 heterocycles. The first kappa shape index (κ1) is 14.0. The van der Waals surface area contributed by atoms with E-state index in [2.05, 4.69) is 11.4 Å². The molecule has 1 aromatic carbocycles. The van der Waals surface area contributed by atoms with Crippen LogP contribution in [-0.4, -0.2) is 31.7 Å². The average Bonchev–Trinajstić information content (AvgIpc) is 2.86. The second-order valence-corrected chi connectivity index (χ2v) is 7.29. The molecule has 0 aliphatic carbocycles. The Morgan fingerprint density at radius 2 is 2.00 bits per heavy atom. The van der Waals surface area contributed by atoms with E-state index in [1.54, 1.807) is 12.1 Å². The summed E-state index contributed by atoms with van der Waals surface area (Å²) in [5.74, 6) is -0.173. The monoisotopic (exact) mass is 305 g/mol. The van der Waals surface area contributed by atoms with Gasteiger partial charge in [0, 0.05) is 24.7 Å². The van der Waals surface area contributed by atoms with Gasteiger partial charge in [0.25, 0.3) is 0 Å². The minimum atomic E-state index is -3.55. The van der Waals surface area contributed by atoms with Gasteiger partial charge < -0.3 is 5.32 Å². The summed E-state index contributed by atoms with van der Waals surface area (Å²) in [4.78, 5) is 11.5. The van der Waals surface area contributed by atoms with Crippen molar-refractivity contribution >= 4 is 21.6 Å². The molecular formula is C14H15N3O3S. The van der Waals surface area contributed by atoms with Crippen molar-refractivity contribution in [3.63, 3.8) is 0 Å². The summed E-state index contributed by atoms with van der Waals surface area (Å²) in [5, 5.41) is 11.6. The number of hydrogen-bond acceptors (Lipinski definition) is 4. The largest absolute Gasteiger partial charge is 0.326 e. The molecule has 7 heteroatoms. The molecule has 1 saturated heterocycles. The SMILES string of the molecule is N#CC1CCN(S(=O)(=O)c2ccc3c(c2)CC(=O)N3)CC1. The molecule has 2 aliphatic heterocycles. The van der Waals surface area contributed by atoms with E-state index in [-0.39, 0.29) is 23.1 Å².